The van der Waals surface area contributed by atoms with E-state index in [0.717, 1.165) is 8.97 Å². The van der Waals surface area contributed by atoms with Gasteiger partial charge in [-0.15, -0.1) is 0 Å². The van der Waals surface area contributed by atoms with E-state index in [1.807, 2.05) is 0 Å². The molecule has 25 heavy (non-hydrogen) atoms. The van der Waals surface area contributed by atoms with Crippen LogP contribution >= 0.6 is 11.6 Å². The number of hydrogen-bond donors (Lipinski definition) is 2. The Kier molecular flexibility index (Phi) is 4.76. The quantitative estimate of drug-likeness (QED) is 0.779. The van der Waals surface area contributed by atoms with Gasteiger partial charge in [0.15, 0.2) is 0 Å². The third-order valence-corrected chi connectivity index (χ3v) is 3.92. The van der Waals surface area contributed by atoms with Crippen molar-refractivity contribution in [2.24, 2.45) is 0 Å². The maximum absolute atomic E-state index is 12.8. The second-order valence-corrected chi connectivity index (χ2v) is 6.91. The van der Waals surface area contributed by atoms with E-state index in [1.165, 1.54) is 12.1 Å². The summed E-state index contributed by atoms with van der Waals surface area (Å²) in [5.74, 6) is -2.35. The topological polar surface area (TPSA) is 118 Å². The number of carbonyl (C=O) groups excluding carboxylic acids is 1. The molecule has 0 saturated carbocycles. The Morgan fingerprint density at radius 2 is 1.76 bits per heavy atom. The number of pyridine rings is 1. The normalized spacial score (nSPS) is 11.7. The summed E-state index contributed by atoms with van der Waals surface area (Å²) < 4.78 is 2.10. The number of nitrogens with zero attached hydrogens (tertiary/aromatic N) is 2. The highest BCUT2D eigenvalue weighted by Gasteiger charge is 2.30. The number of rotatable bonds is 5. The lowest BCUT2D eigenvalue weighted by atomic mass is 9.88. The van der Waals surface area contributed by atoms with Gasteiger partial charge in [-0.25, -0.2) is 9.59 Å². The van der Waals surface area contributed by atoms with Crippen LogP contribution in [0.5, 0.6) is 0 Å². The van der Waals surface area contributed by atoms with Gasteiger partial charge >= 0.3 is 17.6 Å². The molecule has 2 heterocycles. The minimum Gasteiger partial charge on any atom is -0.481 e. The third-order valence-electron chi connectivity index (χ3n) is 3.74. The van der Waals surface area contributed by atoms with Gasteiger partial charge in [0.1, 0.15) is 5.69 Å². The van der Waals surface area contributed by atoms with Crippen LogP contribution in [0.3, 0.4) is 0 Å². The maximum atomic E-state index is 12.8. The summed E-state index contributed by atoms with van der Waals surface area (Å²) in [7, 11) is 0. The molecule has 2 aromatic heterocycles. The lowest BCUT2D eigenvalue weighted by molar-refractivity contribution is -0.137. The molecule has 0 amide bonds. The lowest BCUT2D eigenvalue weighted by Gasteiger charge is -2.22. The number of halogens is 1. The first-order valence-corrected chi connectivity index (χ1v) is 7.78. The number of fused-ring (bicyclic) bond motifs is 1. The van der Waals surface area contributed by atoms with Crippen molar-refractivity contribution < 1.29 is 24.6 Å². The maximum Gasteiger partial charge on any atom is 0.337 e. The number of imidazole rings is 1. The van der Waals surface area contributed by atoms with E-state index in [2.05, 4.69) is 0 Å². The largest absolute Gasteiger partial charge is 0.481 e. The van der Waals surface area contributed by atoms with Crippen molar-refractivity contribution in [2.45, 2.75) is 39.2 Å². The fraction of sp³-hybridized carbons (Fsp3) is 0.375. The molecule has 0 bridgehead atoms. The molecule has 2 N–H and O–H groups in total. The first-order valence-electron chi connectivity index (χ1n) is 7.40. The highest BCUT2D eigenvalue weighted by molar-refractivity contribution is 6.68. The van der Waals surface area contributed by atoms with Gasteiger partial charge in [0.05, 0.1) is 17.5 Å². The van der Waals surface area contributed by atoms with Crippen LogP contribution in [0.25, 0.3) is 5.52 Å². The second-order valence-electron chi connectivity index (χ2n) is 6.57. The van der Waals surface area contributed by atoms with Gasteiger partial charge in [-0.2, -0.15) is 0 Å². The van der Waals surface area contributed by atoms with Crippen LogP contribution in [0.4, 0.5) is 0 Å². The molecule has 0 aliphatic rings. The average molecular weight is 369 g/mol. The van der Waals surface area contributed by atoms with Gasteiger partial charge < -0.3 is 10.2 Å². The first-order chi connectivity index (χ1) is 11.5. The highest BCUT2D eigenvalue weighted by Crippen LogP contribution is 2.28. The Hall–Kier alpha value is -2.61. The van der Waals surface area contributed by atoms with Gasteiger partial charge in [-0.1, -0.05) is 20.8 Å². The van der Waals surface area contributed by atoms with Crippen molar-refractivity contribution in [2.75, 3.05) is 0 Å². The molecule has 2 rings (SSSR count). The number of carboxylic acids is 2. The van der Waals surface area contributed by atoms with Gasteiger partial charge in [0.2, 0.25) is 0 Å². The fourth-order valence-electron chi connectivity index (χ4n) is 2.83. The molecule has 134 valence electrons. The zero-order valence-corrected chi connectivity index (χ0v) is 14.6. The molecule has 2 aromatic rings. The Bertz CT molecular complexity index is 948. The van der Waals surface area contributed by atoms with E-state index >= 15 is 0 Å². The van der Waals surface area contributed by atoms with Crippen molar-refractivity contribution in [3.63, 3.8) is 0 Å². The molecular weight excluding hydrogens is 352 g/mol. The Morgan fingerprint density at radius 3 is 2.20 bits per heavy atom. The minimum absolute atomic E-state index is 0.0777. The molecule has 0 fully saturated rings. The zero-order valence-electron chi connectivity index (χ0n) is 13.9. The number of aromatic carboxylic acids is 1. The zero-order chi connectivity index (χ0) is 19.1. The third kappa shape index (κ3) is 3.30. The predicted molar refractivity (Wildman–Crippen MR) is 89.8 cm³/mol. The standard InChI is InChI=1S/C16H17ClN2O6/c1-16(2,3)12-8(14(23)24)4-5-9-11(13(17)22)18(7-6-10(20)21)15(25)19(9)12/h4-5H,6-7H2,1-3H3,(H,20,21)(H,23,24). The van der Waals surface area contributed by atoms with E-state index < -0.39 is 28.3 Å². The predicted octanol–water partition coefficient (Wildman–Crippen LogP) is 1.95. The molecule has 0 spiro atoms. The van der Waals surface area contributed by atoms with Crippen LogP contribution in [-0.4, -0.2) is 36.4 Å². The molecule has 0 unspecified atom stereocenters. The monoisotopic (exact) mass is 368 g/mol. The second kappa shape index (κ2) is 6.36. The van der Waals surface area contributed by atoms with Gasteiger partial charge in [0, 0.05) is 17.7 Å². The van der Waals surface area contributed by atoms with Crippen LogP contribution in [0.1, 0.15) is 53.7 Å². The molecule has 0 aliphatic carbocycles. The van der Waals surface area contributed by atoms with E-state index in [0.29, 0.717) is 0 Å². The molecule has 0 radical (unpaired) electrons. The van der Waals surface area contributed by atoms with Crippen LogP contribution in [-0.2, 0) is 16.8 Å². The van der Waals surface area contributed by atoms with E-state index in [1.54, 1.807) is 20.8 Å². The molecule has 0 saturated heterocycles. The van der Waals surface area contributed by atoms with Gasteiger partial charge in [-0.3, -0.25) is 18.6 Å². The SMILES string of the molecule is CC(C)(C)c1c(C(=O)O)ccc2c(C(=O)Cl)n(CCC(=O)O)c(=O)n12. The summed E-state index contributed by atoms with van der Waals surface area (Å²) in [5, 5.41) is 17.4. The number of aliphatic carboxylic acids is 1. The molecule has 9 heteroatoms. The molecule has 0 aromatic carbocycles. The Balaban J connectivity index is 2.98. The Labute approximate surface area is 147 Å². The number of carboxylic acid groups (broad SMARTS) is 2. The summed E-state index contributed by atoms with van der Waals surface area (Å²) in [6.07, 6.45) is -0.384. The number of hydrogen-bond acceptors (Lipinski definition) is 4. The molecule has 8 nitrogen and oxygen atoms in total. The molecule has 0 atom stereocenters. The van der Waals surface area contributed by atoms with Crippen molar-refractivity contribution >= 4 is 34.3 Å². The van der Waals surface area contributed by atoms with Gasteiger partial charge in [-0.05, 0) is 23.7 Å². The van der Waals surface area contributed by atoms with E-state index in [4.69, 9.17) is 16.7 Å². The summed E-state index contributed by atoms with van der Waals surface area (Å²) in [6, 6.07) is 2.63. The van der Waals surface area contributed by atoms with Crippen LogP contribution in [0.15, 0.2) is 16.9 Å². The van der Waals surface area contributed by atoms with Crippen LogP contribution in [0, 0.1) is 0 Å². The molecular formula is C16H17ClN2O6. The number of aromatic nitrogens is 2. The number of carbonyl (C=O) groups is 3. The highest BCUT2D eigenvalue weighted by atomic mass is 35.5. The summed E-state index contributed by atoms with van der Waals surface area (Å²) >= 11 is 5.61. The first kappa shape index (κ1) is 18.7. The van der Waals surface area contributed by atoms with Crippen molar-refractivity contribution in [3.8, 4) is 0 Å². The molecule has 0 aliphatic heterocycles. The fourth-order valence-corrected chi connectivity index (χ4v) is 3.03. The summed E-state index contributed by atoms with van der Waals surface area (Å²) in [5.41, 5.74) is -1.32. The summed E-state index contributed by atoms with van der Waals surface area (Å²) in [4.78, 5) is 47.1. The van der Waals surface area contributed by atoms with E-state index in [-0.39, 0.29) is 35.4 Å². The lowest BCUT2D eigenvalue weighted by Crippen LogP contribution is -2.29. The van der Waals surface area contributed by atoms with Crippen LogP contribution < -0.4 is 5.69 Å². The Morgan fingerprint density at radius 1 is 1.16 bits per heavy atom. The van der Waals surface area contributed by atoms with Crippen LogP contribution in [0.2, 0.25) is 0 Å². The summed E-state index contributed by atoms with van der Waals surface area (Å²) in [6.45, 7) is 4.95. The van der Waals surface area contributed by atoms with Crippen molar-refractivity contribution in [1.29, 1.82) is 0 Å². The average Bonchev–Trinajstić information content (AvgIpc) is 2.75. The smallest absolute Gasteiger partial charge is 0.337 e. The van der Waals surface area contributed by atoms with Crippen molar-refractivity contribution in [3.05, 3.63) is 39.6 Å². The minimum atomic E-state index is -1.21. The van der Waals surface area contributed by atoms with E-state index in [9.17, 15) is 24.3 Å². The van der Waals surface area contributed by atoms with Crippen molar-refractivity contribution in [1.82, 2.24) is 8.97 Å². The van der Waals surface area contributed by atoms with Gasteiger partial charge in [0.25, 0.3) is 5.24 Å².